The van der Waals surface area contributed by atoms with Crippen molar-refractivity contribution in [2.45, 2.75) is 53.2 Å². The van der Waals surface area contributed by atoms with Crippen LogP contribution in [0.3, 0.4) is 0 Å². The van der Waals surface area contributed by atoms with Gasteiger partial charge in [-0.05, 0) is 53.2 Å². The van der Waals surface area contributed by atoms with E-state index in [-0.39, 0.29) is 0 Å². The minimum absolute atomic E-state index is 0.570. The predicted octanol–water partition coefficient (Wildman–Crippen LogP) is 5.93. The second-order valence-corrected chi connectivity index (χ2v) is 8.77. The molecule has 1 heterocycles. The van der Waals surface area contributed by atoms with Gasteiger partial charge in [-0.25, -0.2) is 4.79 Å². The molecule has 0 bridgehead atoms. The summed E-state index contributed by atoms with van der Waals surface area (Å²) in [5.74, 6) is -0.990. The molecule has 2 rings (SSSR count). The normalized spacial score (nSPS) is 13.1. The lowest BCUT2D eigenvalue weighted by Crippen LogP contribution is -2.27. The smallest absolute Gasteiger partial charge is 0.337 e. The van der Waals surface area contributed by atoms with Gasteiger partial charge in [0.1, 0.15) is 0 Å². The van der Waals surface area contributed by atoms with Crippen molar-refractivity contribution in [3.8, 4) is 11.1 Å². The van der Waals surface area contributed by atoms with Gasteiger partial charge in [0.2, 0.25) is 0 Å². The molecule has 1 aromatic carbocycles. The van der Waals surface area contributed by atoms with Crippen molar-refractivity contribution in [3.05, 3.63) is 44.1 Å². The second-order valence-electron chi connectivity index (χ2n) is 6.93. The van der Waals surface area contributed by atoms with E-state index < -0.39 is 17.7 Å². The van der Waals surface area contributed by atoms with E-state index in [0.717, 1.165) is 26.4 Å². The van der Waals surface area contributed by atoms with Crippen molar-refractivity contribution in [2.75, 3.05) is 0 Å². The molecule has 2 aromatic rings. The Morgan fingerprint density at radius 2 is 1.83 bits per heavy atom. The average molecular weight is 367 g/mol. The summed E-state index contributed by atoms with van der Waals surface area (Å²) < 4.78 is 5.87. The number of hydrogen-bond acceptors (Lipinski definition) is 3. The van der Waals surface area contributed by atoms with E-state index in [0.29, 0.717) is 10.6 Å². The first-order valence-corrected chi connectivity index (χ1v) is 8.97. The first-order valence-electron chi connectivity index (χ1n) is 7.78. The molecule has 0 radical (unpaired) electrons. The van der Waals surface area contributed by atoms with Crippen LogP contribution in [-0.4, -0.2) is 16.7 Å². The third-order valence-corrected chi connectivity index (χ3v) is 5.01. The molecule has 1 unspecified atom stereocenters. The molecule has 0 aliphatic carbocycles. The van der Waals surface area contributed by atoms with E-state index in [9.17, 15) is 9.90 Å². The Morgan fingerprint density at radius 1 is 1.21 bits per heavy atom. The van der Waals surface area contributed by atoms with Crippen LogP contribution in [0.15, 0.2) is 18.2 Å². The highest BCUT2D eigenvalue weighted by molar-refractivity contribution is 7.12. The zero-order chi connectivity index (χ0) is 18.2. The maximum Gasteiger partial charge on any atom is 0.337 e. The number of aliphatic carboxylic acids is 1. The van der Waals surface area contributed by atoms with Crippen LogP contribution in [0.4, 0.5) is 0 Å². The Kier molecular flexibility index (Phi) is 5.43. The summed E-state index contributed by atoms with van der Waals surface area (Å²) in [6.07, 6.45) is -1.03. The maximum absolute atomic E-state index is 11.9. The molecule has 130 valence electrons. The van der Waals surface area contributed by atoms with E-state index in [2.05, 4.69) is 0 Å². The highest BCUT2D eigenvalue weighted by Crippen LogP contribution is 2.44. The van der Waals surface area contributed by atoms with Crippen LogP contribution in [0.2, 0.25) is 5.02 Å². The Morgan fingerprint density at radius 3 is 2.33 bits per heavy atom. The van der Waals surface area contributed by atoms with E-state index in [1.807, 2.05) is 59.7 Å². The summed E-state index contributed by atoms with van der Waals surface area (Å²) in [4.78, 5) is 13.9. The summed E-state index contributed by atoms with van der Waals surface area (Å²) in [6, 6.07) is 5.83. The van der Waals surface area contributed by atoms with Gasteiger partial charge >= 0.3 is 5.97 Å². The maximum atomic E-state index is 11.9. The van der Waals surface area contributed by atoms with Crippen LogP contribution in [0, 0.1) is 20.8 Å². The summed E-state index contributed by atoms with van der Waals surface area (Å²) in [5, 5.41) is 10.4. The molecule has 0 saturated heterocycles. The van der Waals surface area contributed by atoms with Crippen LogP contribution in [0.1, 0.15) is 47.8 Å². The van der Waals surface area contributed by atoms with Gasteiger partial charge in [-0.15, -0.1) is 11.3 Å². The Labute approximate surface area is 152 Å². The number of rotatable bonds is 4. The number of halogens is 1. The van der Waals surface area contributed by atoms with Gasteiger partial charge in [0.25, 0.3) is 0 Å². The van der Waals surface area contributed by atoms with Crippen molar-refractivity contribution >= 4 is 28.9 Å². The lowest BCUT2D eigenvalue weighted by atomic mass is 9.95. The largest absolute Gasteiger partial charge is 0.479 e. The summed E-state index contributed by atoms with van der Waals surface area (Å²) in [5.41, 5.74) is 2.92. The van der Waals surface area contributed by atoms with Gasteiger partial charge in [0.15, 0.2) is 6.10 Å². The van der Waals surface area contributed by atoms with Crippen molar-refractivity contribution in [1.29, 1.82) is 0 Å². The van der Waals surface area contributed by atoms with Crippen LogP contribution in [-0.2, 0) is 9.53 Å². The summed E-state index contributed by atoms with van der Waals surface area (Å²) >= 11 is 8.02. The van der Waals surface area contributed by atoms with Gasteiger partial charge in [-0.2, -0.15) is 0 Å². The molecule has 24 heavy (non-hydrogen) atoms. The molecule has 0 saturated carbocycles. The van der Waals surface area contributed by atoms with Gasteiger partial charge in [-0.1, -0.05) is 23.7 Å². The fourth-order valence-corrected chi connectivity index (χ4v) is 4.19. The van der Waals surface area contributed by atoms with Gasteiger partial charge in [0, 0.05) is 31.5 Å². The van der Waals surface area contributed by atoms with Crippen molar-refractivity contribution in [3.63, 3.8) is 0 Å². The zero-order valence-corrected chi connectivity index (χ0v) is 16.4. The number of hydrogen-bond donors (Lipinski definition) is 1. The van der Waals surface area contributed by atoms with E-state index in [1.165, 1.54) is 0 Å². The molecule has 0 aliphatic rings. The van der Waals surface area contributed by atoms with Crippen LogP contribution < -0.4 is 0 Å². The highest BCUT2D eigenvalue weighted by Gasteiger charge is 2.32. The van der Waals surface area contributed by atoms with Crippen LogP contribution in [0.25, 0.3) is 11.1 Å². The van der Waals surface area contributed by atoms with Crippen LogP contribution in [0.5, 0.6) is 0 Å². The molecule has 0 aliphatic heterocycles. The average Bonchev–Trinajstić information content (AvgIpc) is 2.69. The first-order chi connectivity index (χ1) is 11.0. The quantitative estimate of drug-likeness (QED) is 0.728. The second kappa shape index (κ2) is 6.87. The van der Waals surface area contributed by atoms with Crippen molar-refractivity contribution < 1.29 is 14.6 Å². The number of carbonyl (C=O) groups is 1. The Balaban J connectivity index is 2.68. The van der Waals surface area contributed by atoms with E-state index >= 15 is 0 Å². The highest BCUT2D eigenvalue weighted by atomic mass is 35.5. The number of carboxylic acids is 1. The summed E-state index contributed by atoms with van der Waals surface area (Å²) in [7, 11) is 0. The molecule has 5 heteroatoms. The van der Waals surface area contributed by atoms with Gasteiger partial charge < -0.3 is 9.84 Å². The number of benzene rings is 1. The van der Waals surface area contributed by atoms with E-state index in [1.54, 1.807) is 11.3 Å². The third kappa shape index (κ3) is 4.00. The third-order valence-electron chi connectivity index (χ3n) is 3.66. The molecule has 1 N–H and O–H groups in total. The zero-order valence-electron chi connectivity index (χ0n) is 14.9. The fraction of sp³-hybridized carbons (Fsp3) is 0.421. The Bertz CT molecular complexity index is 772. The monoisotopic (exact) mass is 366 g/mol. The molecule has 3 nitrogen and oxygen atoms in total. The first kappa shape index (κ1) is 19.0. The van der Waals surface area contributed by atoms with E-state index in [4.69, 9.17) is 16.3 Å². The number of carboxylic acid groups (broad SMARTS) is 1. The SMILES string of the molecule is Cc1ccc(-c2c(C)sc(C)c2C(OC(C)(C)C)C(=O)O)c(Cl)c1. The topological polar surface area (TPSA) is 46.5 Å². The molecule has 0 amide bonds. The number of thiophene rings is 1. The van der Waals surface area contributed by atoms with Gasteiger partial charge in [-0.3, -0.25) is 0 Å². The number of ether oxygens (including phenoxy) is 1. The van der Waals surface area contributed by atoms with Gasteiger partial charge in [0.05, 0.1) is 5.60 Å². The predicted molar refractivity (Wildman–Crippen MR) is 100 cm³/mol. The van der Waals surface area contributed by atoms with Crippen molar-refractivity contribution in [2.24, 2.45) is 0 Å². The standard InChI is InChI=1S/C19H23ClO3S/c1-10-7-8-13(14(20)9-10)15-11(2)24-12(3)16(15)17(18(21)22)23-19(4,5)6/h7-9,17H,1-6H3,(H,21,22). The number of aryl methyl sites for hydroxylation is 3. The molecule has 1 atom stereocenters. The fourth-order valence-electron chi connectivity index (χ4n) is 2.76. The molecule has 0 fully saturated rings. The molecular weight excluding hydrogens is 344 g/mol. The molecule has 0 spiro atoms. The molecular formula is C19H23ClO3S. The van der Waals surface area contributed by atoms with Crippen LogP contribution >= 0.6 is 22.9 Å². The minimum atomic E-state index is -1.03. The van der Waals surface area contributed by atoms with Crippen molar-refractivity contribution in [1.82, 2.24) is 0 Å². The Hall–Kier alpha value is -1.36. The lowest BCUT2D eigenvalue weighted by Gasteiger charge is -2.26. The minimum Gasteiger partial charge on any atom is -0.479 e. The molecule has 1 aromatic heterocycles. The lowest BCUT2D eigenvalue weighted by molar-refractivity contribution is -0.160. The summed E-state index contributed by atoms with van der Waals surface area (Å²) in [6.45, 7) is 11.5.